The van der Waals surface area contributed by atoms with Crippen LogP contribution < -0.4 is 37.2 Å². The summed E-state index contributed by atoms with van der Waals surface area (Å²) in [5, 5.41) is 0. The third-order valence-electron chi connectivity index (χ3n) is 2.08. The third kappa shape index (κ3) is 7.98. The summed E-state index contributed by atoms with van der Waals surface area (Å²) in [5.41, 5.74) is 2.64. The van der Waals surface area contributed by atoms with Crippen molar-refractivity contribution in [3.05, 3.63) is 35.4 Å². The molecule has 1 aromatic rings. The number of rotatable bonds is 2. The minimum absolute atomic E-state index is 0. The summed E-state index contributed by atoms with van der Waals surface area (Å²) in [5.74, 6) is 1.17. The van der Waals surface area contributed by atoms with E-state index in [4.69, 9.17) is 0 Å². The van der Waals surface area contributed by atoms with E-state index in [0.717, 1.165) is 0 Å². The molecule has 1 rings (SSSR count). The molecule has 0 atom stereocenters. The van der Waals surface area contributed by atoms with Gasteiger partial charge in [0.1, 0.15) is 0 Å². The first-order valence-corrected chi connectivity index (χ1v) is 4.63. The van der Waals surface area contributed by atoms with Gasteiger partial charge < -0.3 is 37.2 Å². The van der Waals surface area contributed by atoms with Crippen LogP contribution >= 0.6 is 0 Å². The Morgan fingerprint density at radius 1 is 0.812 bits per heavy atom. The molecule has 90 valence electrons. The van der Waals surface area contributed by atoms with E-state index in [9.17, 15) is 0 Å². The van der Waals surface area contributed by atoms with E-state index in [1.807, 2.05) is 0 Å². The average molecular weight is 315 g/mol. The Bertz CT molecular complexity index is 239. The molecular formula is C12H17Cl3Ti. The summed E-state index contributed by atoms with van der Waals surface area (Å²) in [7, 11) is 0. The van der Waals surface area contributed by atoms with Crippen LogP contribution in [0.15, 0.2) is 18.2 Å². The average Bonchev–Trinajstić information content (AvgIpc) is 2.04. The largest absolute Gasteiger partial charge is 4.00 e. The van der Waals surface area contributed by atoms with Gasteiger partial charge in [0.2, 0.25) is 0 Å². The van der Waals surface area contributed by atoms with E-state index >= 15 is 0 Å². The van der Waals surface area contributed by atoms with Crippen molar-refractivity contribution in [1.82, 2.24) is 0 Å². The van der Waals surface area contributed by atoms with E-state index in [2.05, 4.69) is 52.0 Å². The molecule has 0 aliphatic carbocycles. The van der Waals surface area contributed by atoms with Gasteiger partial charge in [0.05, 0.1) is 0 Å². The molecule has 0 spiro atoms. The van der Waals surface area contributed by atoms with Crippen LogP contribution in [0.2, 0.25) is 0 Å². The van der Waals surface area contributed by atoms with Crippen LogP contribution in [-0.2, 0) is 21.7 Å². The zero-order valence-corrected chi connectivity index (χ0v) is 13.8. The second-order valence-electron chi connectivity index (χ2n) is 3.87. The van der Waals surface area contributed by atoms with Gasteiger partial charge in [-0.3, -0.25) is 0 Å². The van der Waals surface area contributed by atoms with Crippen molar-refractivity contribution >= 4 is 0 Å². The molecule has 0 aromatic heterocycles. The third-order valence-corrected chi connectivity index (χ3v) is 2.08. The summed E-state index contributed by atoms with van der Waals surface area (Å²) in [6, 6.07) is 9.87. The fourth-order valence-corrected chi connectivity index (χ4v) is 1.18. The first-order valence-electron chi connectivity index (χ1n) is 4.63. The molecule has 0 aliphatic heterocycles. The maximum Gasteiger partial charge on any atom is 4.00 e. The molecule has 0 aliphatic rings. The van der Waals surface area contributed by atoms with E-state index in [-0.39, 0.29) is 58.9 Å². The van der Waals surface area contributed by atoms with Gasteiger partial charge in [0, 0.05) is 0 Å². The number of hydrogen-bond donors (Lipinski definition) is 0. The molecule has 0 saturated heterocycles. The minimum Gasteiger partial charge on any atom is -1.00 e. The van der Waals surface area contributed by atoms with Crippen molar-refractivity contribution in [1.29, 1.82) is 0 Å². The van der Waals surface area contributed by atoms with Gasteiger partial charge in [-0.15, -0.1) is 0 Å². The van der Waals surface area contributed by atoms with Gasteiger partial charge in [-0.05, 0) is 11.8 Å². The molecule has 4 heteroatoms. The number of hydrogen-bond acceptors (Lipinski definition) is 0. The van der Waals surface area contributed by atoms with E-state index < -0.39 is 0 Å². The summed E-state index contributed by atoms with van der Waals surface area (Å²) in [4.78, 5) is 0. The van der Waals surface area contributed by atoms with Crippen LogP contribution in [0.3, 0.4) is 0 Å². The topological polar surface area (TPSA) is 0 Å². The molecule has 0 nitrogen and oxygen atoms in total. The predicted molar refractivity (Wildman–Crippen MR) is 53.5 cm³/mol. The first-order chi connectivity index (χ1) is 5.61. The zero-order valence-electron chi connectivity index (χ0n) is 10.0. The normalized spacial score (nSPS) is 8.38. The predicted octanol–water partition coefficient (Wildman–Crippen LogP) is -5.26. The molecule has 0 radical (unpaired) electrons. The van der Waals surface area contributed by atoms with Crippen LogP contribution in [0, 0.1) is 6.07 Å². The molecule has 0 fully saturated rings. The van der Waals surface area contributed by atoms with Gasteiger partial charge in [0.15, 0.2) is 0 Å². The Morgan fingerprint density at radius 2 is 1.12 bits per heavy atom. The van der Waals surface area contributed by atoms with E-state index in [1.54, 1.807) is 0 Å². The molecule has 0 N–H and O–H groups in total. The van der Waals surface area contributed by atoms with E-state index in [1.165, 1.54) is 11.1 Å². The molecule has 0 saturated carbocycles. The Morgan fingerprint density at radius 3 is 1.38 bits per heavy atom. The zero-order chi connectivity index (χ0) is 9.14. The van der Waals surface area contributed by atoms with Crippen LogP contribution in [-0.4, -0.2) is 0 Å². The maximum absolute atomic E-state index is 3.44. The van der Waals surface area contributed by atoms with Crippen molar-refractivity contribution in [3.8, 4) is 0 Å². The summed E-state index contributed by atoms with van der Waals surface area (Å²) < 4.78 is 0. The van der Waals surface area contributed by atoms with Crippen LogP contribution in [0.25, 0.3) is 0 Å². The van der Waals surface area contributed by atoms with Crippen molar-refractivity contribution < 1.29 is 58.9 Å². The van der Waals surface area contributed by atoms with Crippen LogP contribution in [0.5, 0.6) is 0 Å². The quantitative estimate of drug-likeness (QED) is 0.378. The molecule has 0 amide bonds. The Balaban J connectivity index is -0.000000180. The summed E-state index contributed by atoms with van der Waals surface area (Å²) in [6.07, 6.45) is 0. The molecule has 0 unspecified atom stereocenters. The SMILES string of the molecule is CC(C)c1[c-]c(C(C)C)ccc1.[Cl-].[Cl-].[Cl-].[Ti+4]. The van der Waals surface area contributed by atoms with Gasteiger partial charge in [0.25, 0.3) is 0 Å². The van der Waals surface area contributed by atoms with Crippen LogP contribution in [0.1, 0.15) is 50.7 Å². The van der Waals surface area contributed by atoms with Crippen molar-refractivity contribution in [2.45, 2.75) is 39.5 Å². The maximum atomic E-state index is 3.44. The minimum atomic E-state index is 0. The standard InChI is InChI=1S/C12H17.3ClH.Ti/c1-9(2)11-6-5-7-12(8-11)10(3)4;;;;/h5-7,9-10H,1-4H3;3*1H;/q-1;;;;+4/p-3. The van der Waals surface area contributed by atoms with Crippen molar-refractivity contribution in [3.63, 3.8) is 0 Å². The van der Waals surface area contributed by atoms with Gasteiger partial charge >= 0.3 is 21.7 Å². The second-order valence-corrected chi connectivity index (χ2v) is 3.87. The monoisotopic (exact) mass is 314 g/mol. The number of halogens is 3. The van der Waals surface area contributed by atoms with Crippen LogP contribution in [0.4, 0.5) is 0 Å². The molecule has 16 heavy (non-hydrogen) atoms. The first kappa shape index (κ1) is 25.6. The van der Waals surface area contributed by atoms with Crippen molar-refractivity contribution in [2.75, 3.05) is 0 Å². The molecule has 1 aromatic carbocycles. The smallest absolute Gasteiger partial charge is 1.00 e. The fourth-order valence-electron chi connectivity index (χ4n) is 1.18. The second kappa shape index (κ2) is 12.3. The van der Waals surface area contributed by atoms with E-state index in [0.29, 0.717) is 11.8 Å². The molecular weight excluding hydrogens is 298 g/mol. The van der Waals surface area contributed by atoms with Crippen molar-refractivity contribution in [2.24, 2.45) is 0 Å². The Labute approximate surface area is 133 Å². The van der Waals surface area contributed by atoms with Gasteiger partial charge in [-0.1, -0.05) is 27.7 Å². The number of benzene rings is 1. The Hall–Kier alpha value is 0.804. The fraction of sp³-hybridized carbons (Fsp3) is 0.500. The van der Waals surface area contributed by atoms with Gasteiger partial charge in [-0.25, -0.2) is 0 Å². The Kier molecular flexibility index (Phi) is 19.6. The summed E-state index contributed by atoms with van der Waals surface area (Å²) >= 11 is 0. The molecule has 0 heterocycles. The summed E-state index contributed by atoms with van der Waals surface area (Å²) in [6.45, 7) is 8.82. The molecule has 0 bridgehead atoms. The van der Waals surface area contributed by atoms with Gasteiger partial charge in [-0.2, -0.15) is 35.4 Å².